The highest BCUT2D eigenvalue weighted by Crippen LogP contribution is 2.24. The van der Waals surface area contributed by atoms with Crippen molar-refractivity contribution in [1.29, 1.82) is 0 Å². The Balaban J connectivity index is 1.46. The molecule has 2 aliphatic rings. The maximum atomic E-state index is 12.6. The lowest BCUT2D eigenvalue weighted by molar-refractivity contribution is -0.138. The molecule has 0 saturated carbocycles. The Labute approximate surface area is 128 Å². The van der Waals surface area contributed by atoms with Crippen LogP contribution in [0.4, 0.5) is 5.82 Å². The number of morpholine rings is 1. The van der Waals surface area contributed by atoms with Crippen LogP contribution in [0.5, 0.6) is 0 Å². The van der Waals surface area contributed by atoms with E-state index in [2.05, 4.69) is 15.0 Å². The molecule has 0 radical (unpaired) electrons. The summed E-state index contributed by atoms with van der Waals surface area (Å²) in [6, 6.07) is 3.84. The third-order valence-corrected chi connectivity index (χ3v) is 4.43. The number of aromatic nitrogens is 3. The van der Waals surface area contributed by atoms with E-state index in [4.69, 9.17) is 4.74 Å². The molecule has 2 aliphatic heterocycles. The maximum Gasteiger partial charge on any atom is 0.227 e. The first kappa shape index (κ1) is 13.5. The number of carbonyl (C=O) groups excluding carboxylic acids is 1. The average Bonchev–Trinajstić information content (AvgIpc) is 3.23. The zero-order valence-corrected chi connectivity index (χ0v) is 12.4. The molecule has 0 aromatic carbocycles. The topological polar surface area (TPSA) is 63.0 Å². The van der Waals surface area contributed by atoms with E-state index < -0.39 is 0 Å². The molecule has 2 fully saturated rings. The summed E-state index contributed by atoms with van der Waals surface area (Å²) in [6.07, 6.45) is 4.54. The molecule has 2 aromatic rings. The first-order valence-corrected chi connectivity index (χ1v) is 7.73. The minimum absolute atomic E-state index is 0.0704. The molecule has 116 valence electrons. The lowest BCUT2D eigenvalue weighted by Crippen LogP contribution is -2.44. The molecule has 0 bridgehead atoms. The monoisotopic (exact) mass is 301 g/mol. The Bertz CT molecular complexity index is 679. The number of hydrogen-bond donors (Lipinski definition) is 0. The third-order valence-electron chi connectivity index (χ3n) is 4.43. The van der Waals surface area contributed by atoms with Crippen molar-refractivity contribution in [2.24, 2.45) is 5.92 Å². The minimum Gasteiger partial charge on any atom is -0.378 e. The summed E-state index contributed by atoms with van der Waals surface area (Å²) in [6.45, 7) is 4.36. The molecule has 0 N–H and O–H groups in total. The van der Waals surface area contributed by atoms with Gasteiger partial charge >= 0.3 is 0 Å². The predicted molar refractivity (Wildman–Crippen MR) is 80.7 cm³/mol. The van der Waals surface area contributed by atoms with Gasteiger partial charge < -0.3 is 14.5 Å². The molecule has 4 rings (SSSR count). The van der Waals surface area contributed by atoms with Crippen molar-refractivity contribution in [2.75, 3.05) is 44.3 Å². The molecule has 1 amide bonds. The predicted octanol–water partition coefficient (Wildman–Crippen LogP) is 0.414. The Morgan fingerprint density at radius 3 is 2.95 bits per heavy atom. The summed E-state index contributed by atoms with van der Waals surface area (Å²) in [5.41, 5.74) is 0.834. The lowest BCUT2D eigenvalue weighted by Gasteiger charge is -2.29. The van der Waals surface area contributed by atoms with Crippen LogP contribution in [0.3, 0.4) is 0 Å². The minimum atomic E-state index is 0.0704. The molecule has 1 atom stereocenters. The Morgan fingerprint density at radius 1 is 1.23 bits per heavy atom. The first-order chi connectivity index (χ1) is 10.8. The number of hydrogen-bond acceptors (Lipinski definition) is 5. The molecule has 22 heavy (non-hydrogen) atoms. The molecule has 7 heteroatoms. The molecular weight excluding hydrogens is 282 g/mol. The molecule has 4 heterocycles. The fourth-order valence-corrected chi connectivity index (χ4v) is 3.19. The van der Waals surface area contributed by atoms with Gasteiger partial charge in [-0.15, -0.1) is 0 Å². The van der Waals surface area contributed by atoms with Gasteiger partial charge in [-0.25, -0.2) is 9.50 Å². The van der Waals surface area contributed by atoms with Crippen LogP contribution < -0.4 is 4.90 Å². The number of ether oxygens (including phenoxy) is 1. The number of nitrogens with zero attached hydrogens (tertiary/aromatic N) is 5. The highest BCUT2D eigenvalue weighted by atomic mass is 16.5. The van der Waals surface area contributed by atoms with Crippen molar-refractivity contribution < 1.29 is 9.53 Å². The molecule has 0 aliphatic carbocycles. The summed E-state index contributed by atoms with van der Waals surface area (Å²) in [5, 5.41) is 4.15. The van der Waals surface area contributed by atoms with E-state index in [0.29, 0.717) is 13.2 Å². The van der Waals surface area contributed by atoms with E-state index in [1.54, 1.807) is 10.7 Å². The number of rotatable bonds is 2. The van der Waals surface area contributed by atoms with Gasteiger partial charge in [-0.2, -0.15) is 5.10 Å². The van der Waals surface area contributed by atoms with Crippen molar-refractivity contribution in [2.45, 2.75) is 6.42 Å². The summed E-state index contributed by atoms with van der Waals surface area (Å²) >= 11 is 0. The second kappa shape index (κ2) is 5.57. The van der Waals surface area contributed by atoms with Crippen LogP contribution in [0.25, 0.3) is 5.65 Å². The summed E-state index contributed by atoms with van der Waals surface area (Å²) in [5.74, 6) is 1.25. The van der Waals surface area contributed by atoms with E-state index in [-0.39, 0.29) is 11.8 Å². The van der Waals surface area contributed by atoms with E-state index in [1.165, 1.54) is 0 Å². The number of fused-ring (bicyclic) bond motifs is 1. The van der Waals surface area contributed by atoms with Gasteiger partial charge in [0, 0.05) is 38.4 Å². The largest absolute Gasteiger partial charge is 0.378 e. The zero-order chi connectivity index (χ0) is 14.9. The highest BCUT2D eigenvalue weighted by molar-refractivity contribution is 5.80. The van der Waals surface area contributed by atoms with Gasteiger partial charge in [-0.3, -0.25) is 4.79 Å². The Hall–Kier alpha value is -2.15. The van der Waals surface area contributed by atoms with Crippen molar-refractivity contribution in [1.82, 2.24) is 19.5 Å². The molecule has 1 unspecified atom stereocenters. The van der Waals surface area contributed by atoms with Crippen molar-refractivity contribution >= 4 is 17.4 Å². The van der Waals surface area contributed by atoms with Crippen molar-refractivity contribution in [3.63, 3.8) is 0 Å². The standard InChI is InChI=1S/C15H19N5O2/c21-15(18-7-9-22-10-8-18)12-2-5-19(11-12)13-3-6-20-14(17-13)1-4-16-20/h1,3-4,6,12H,2,5,7-11H2. The van der Waals surface area contributed by atoms with Crippen LogP contribution in [0, 0.1) is 5.92 Å². The molecule has 0 spiro atoms. The lowest BCUT2D eigenvalue weighted by atomic mass is 10.1. The maximum absolute atomic E-state index is 12.6. The fourth-order valence-electron chi connectivity index (χ4n) is 3.19. The number of carbonyl (C=O) groups is 1. The van der Waals surface area contributed by atoms with Gasteiger partial charge in [-0.05, 0) is 12.5 Å². The van der Waals surface area contributed by atoms with Gasteiger partial charge in [0.25, 0.3) is 0 Å². The summed E-state index contributed by atoms with van der Waals surface area (Å²) in [4.78, 5) is 21.3. The SMILES string of the molecule is O=C(C1CCN(c2ccn3nccc3n2)C1)N1CCOCC1. The van der Waals surface area contributed by atoms with Crippen LogP contribution in [0.15, 0.2) is 24.5 Å². The number of amides is 1. The molecule has 2 aromatic heterocycles. The first-order valence-electron chi connectivity index (χ1n) is 7.73. The molecule has 7 nitrogen and oxygen atoms in total. The van der Waals surface area contributed by atoms with Crippen molar-refractivity contribution in [3.8, 4) is 0 Å². The highest BCUT2D eigenvalue weighted by Gasteiger charge is 2.32. The normalized spacial score (nSPS) is 22.5. The van der Waals surface area contributed by atoms with Crippen LogP contribution in [-0.4, -0.2) is 64.8 Å². The fraction of sp³-hybridized carbons (Fsp3) is 0.533. The van der Waals surface area contributed by atoms with E-state index in [9.17, 15) is 4.79 Å². The van der Waals surface area contributed by atoms with Crippen molar-refractivity contribution in [3.05, 3.63) is 24.5 Å². The van der Waals surface area contributed by atoms with Gasteiger partial charge in [0.05, 0.1) is 25.3 Å². The molecule has 2 saturated heterocycles. The van der Waals surface area contributed by atoms with Crippen LogP contribution in [-0.2, 0) is 9.53 Å². The smallest absolute Gasteiger partial charge is 0.227 e. The van der Waals surface area contributed by atoms with Gasteiger partial charge in [0.2, 0.25) is 5.91 Å². The second-order valence-corrected chi connectivity index (χ2v) is 5.79. The summed E-state index contributed by atoms with van der Waals surface area (Å²) < 4.78 is 7.06. The van der Waals surface area contributed by atoms with Gasteiger partial charge in [0.15, 0.2) is 5.65 Å². The summed E-state index contributed by atoms with van der Waals surface area (Å²) in [7, 11) is 0. The molecular formula is C15H19N5O2. The van der Waals surface area contributed by atoms with E-state index in [0.717, 1.165) is 44.1 Å². The van der Waals surface area contributed by atoms with Gasteiger partial charge in [-0.1, -0.05) is 0 Å². The average molecular weight is 301 g/mol. The number of anilines is 1. The van der Waals surface area contributed by atoms with Crippen LogP contribution in [0.1, 0.15) is 6.42 Å². The quantitative estimate of drug-likeness (QED) is 0.804. The van der Waals surface area contributed by atoms with E-state index in [1.807, 2.05) is 23.2 Å². The third kappa shape index (κ3) is 2.41. The Morgan fingerprint density at radius 2 is 2.09 bits per heavy atom. The Kier molecular flexibility index (Phi) is 3.42. The van der Waals surface area contributed by atoms with Crippen LogP contribution in [0.2, 0.25) is 0 Å². The van der Waals surface area contributed by atoms with Gasteiger partial charge in [0.1, 0.15) is 5.82 Å². The second-order valence-electron chi connectivity index (χ2n) is 5.79. The van der Waals surface area contributed by atoms with E-state index >= 15 is 0 Å². The van der Waals surface area contributed by atoms with Crippen LogP contribution >= 0.6 is 0 Å². The zero-order valence-electron chi connectivity index (χ0n) is 12.4.